The van der Waals surface area contributed by atoms with Gasteiger partial charge in [-0.15, -0.1) is 0 Å². The first-order valence-corrected chi connectivity index (χ1v) is 6.58. The second-order valence-electron chi connectivity index (χ2n) is 5.30. The van der Waals surface area contributed by atoms with Gasteiger partial charge in [0, 0.05) is 12.1 Å². The van der Waals surface area contributed by atoms with Crippen molar-refractivity contribution in [1.82, 2.24) is 0 Å². The maximum atomic E-state index is 11.9. The molecule has 1 unspecified atom stereocenters. The number of anilines is 1. The van der Waals surface area contributed by atoms with Gasteiger partial charge in [0.25, 0.3) is 0 Å². The first-order chi connectivity index (χ1) is 8.52. The summed E-state index contributed by atoms with van der Waals surface area (Å²) >= 11 is 0. The van der Waals surface area contributed by atoms with Crippen LogP contribution in [-0.2, 0) is 4.79 Å². The van der Waals surface area contributed by atoms with Gasteiger partial charge in [0.05, 0.1) is 0 Å². The highest BCUT2D eigenvalue weighted by atomic mass is 16.1. The minimum absolute atomic E-state index is 0.0559. The molecule has 1 amide bonds. The molecule has 0 heterocycles. The van der Waals surface area contributed by atoms with E-state index in [1.54, 1.807) is 0 Å². The number of carbonyl (C=O) groups is 1. The highest BCUT2D eigenvalue weighted by Gasteiger charge is 2.14. The van der Waals surface area contributed by atoms with E-state index in [4.69, 9.17) is 5.73 Å². The van der Waals surface area contributed by atoms with Crippen LogP contribution in [0.4, 0.5) is 5.69 Å². The molecule has 0 saturated carbocycles. The van der Waals surface area contributed by atoms with Crippen molar-refractivity contribution in [2.75, 3.05) is 11.9 Å². The number of hydrogen-bond acceptors (Lipinski definition) is 2. The minimum atomic E-state index is 0.0559. The fourth-order valence-electron chi connectivity index (χ4n) is 2.11. The third-order valence-electron chi connectivity index (χ3n) is 3.03. The second kappa shape index (κ2) is 7.17. The van der Waals surface area contributed by atoms with Crippen LogP contribution in [0, 0.1) is 18.8 Å². The molecule has 100 valence electrons. The van der Waals surface area contributed by atoms with Crippen molar-refractivity contribution in [2.45, 2.75) is 33.6 Å². The van der Waals surface area contributed by atoms with E-state index < -0.39 is 0 Å². The summed E-state index contributed by atoms with van der Waals surface area (Å²) < 4.78 is 0. The normalized spacial score (nSPS) is 12.5. The summed E-state index contributed by atoms with van der Waals surface area (Å²) in [6, 6.07) is 7.81. The Morgan fingerprint density at radius 3 is 2.56 bits per heavy atom. The maximum Gasteiger partial charge on any atom is 0.224 e. The maximum absolute atomic E-state index is 11.9. The second-order valence-corrected chi connectivity index (χ2v) is 5.30. The van der Waals surface area contributed by atoms with Gasteiger partial charge in [0.1, 0.15) is 0 Å². The van der Waals surface area contributed by atoms with Crippen molar-refractivity contribution in [3.8, 4) is 0 Å². The van der Waals surface area contributed by atoms with Crippen LogP contribution in [0.25, 0.3) is 0 Å². The molecular formula is C15H24N2O. The number of benzene rings is 1. The first-order valence-electron chi connectivity index (χ1n) is 6.58. The number of carbonyl (C=O) groups excluding carboxylic acids is 1. The number of hydrogen-bond donors (Lipinski definition) is 2. The lowest BCUT2D eigenvalue weighted by Gasteiger charge is -2.17. The number of aryl methyl sites for hydroxylation is 1. The molecular weight excluding hydrogens is 224 g/mol. The van der Waals surface area contributed by atoms with Crippen LogP contribution in [-0.4, -0.2) is 12.5 Å². The third-order valence-corrected chi connectivity index (χ3v) is 3.03. The molecule has 0 fully saturated rings. The highest BCUT2D eigenvalue weighted by Crippen LogP contribution is 2.17. The van der Waals surface area contributed by atoms with Crippen LogP contribution in [0.2, 0.25) is 0 Å². The molecule has 0 saturated heterocycles. The molecule has 0 bridgehead atoms. The summed E-state index contributed by atoms with van der Waals surface area (Å²) in [5.74, 6) is 0.902. The molecule has 1 atom stereocenters. The van der Waals surface area contributed by atoms with Crippen molar-refractivity contribution >= 4 is 11.6 Å². The summed E-state index contributed by atoms with van der Waals surface area (Å²) in [6.07, 6.45) is 1.50. The van der Waals surface area contributed by atoms with E-state index in [2.05, 4.69) is 19.2 Å². The number of amides is 1. The fourth-order valence-corrected chi connectivity index (χ4v) is 2.11. The lowest BCUT2D eigenvalue weighted by Crippen LogP contribution is -2.23. The molecule has 3 N–H and O–H groups in total. The van der Waals surface area contributed by atoms with E-state index >= 15 is 0 Å². The average Bonchev–Trinajstić information content (AvgIpc) is 2.30. The quantitative estimate of drug-likeness (QED) is 0.813. The van der Waals surface area contributed by atoms with E-state index in [0.29, 0.717) is 18.9 Å². The van der Waals surface area contributed by atoms with Crippen molar-refractivity contribution < 1.29 is 4.79 Å². The highest BCUT2D eigenvalue weighted by molar-refractivity contribution is 5.91. The summed E-state index contributed by atoms with van der Waals surface area (Å²) in [6.45, 7) is 6.87. The van der Waals surface area contributed by atoms with Crippen LogP contribution in [0.1, 0.15) is 32.3 Å². The Kier molecular flexibility index (Phi) is 5.86. The predicted octanol–water partition coefficient (Wildman–Crippen LogP) is 2.94. The Balaban J connectivity index is 2.53. The van der Waals surface area contributed by atoms with Gasteiger partial charge in [-0.05, 0) is 43.4 Å². The zero-order valence-corrected chi connectivity index (χ0v) is 11.6. The Morgan fingerprint density at radius 1 is 1.33 bits per heavy atom. The molecule has 3 heteroatoms. The van der Waals surface area contributed by atoms with Gasteiger partial charge in [0.2, 0.25) is 5.91 Å². The van der Waals surface area contributed by atoms with Crippen LogP contribution in [0.15, 0.2) is 24.3 Å². The summed E-state index contributed by atoms with van der Waals surface area (Å²) in [5.41, 5.74) is 7.69. The van der Waals surface area contributed by atoms with Crippen LogP contribution >= 0.6 is 0 Å². The Morgan fingerprint density at radius 2 is 2.00 bits per heavy atom. The Bertz CT molecular complexity index is 388. The van der Waals surface area contributed by atoms with E-state index in [-0.39, 0.29) is 11.8 Å². The van der Waals surface area contributed by atoms with E-state index in [1.807, 2.05) is 31.2 Å². The molecule has 0 aliphatic rings. The van der Waals surface area contributed by atoms with Crippen molar-refractivity contribution in [3.05, 3.63) is 29.8 Å². The van der Waals surface area contributed by atoms with E-state index in [0.717, 1.165) is 17.7 Å². The zero-order valence-electron chi connectivity index (χ0n) is 11.6. The molecule has 0 spiro atoms. The third kappa shape index (κ3) is 4.88. The van der Waals surface area contributed by atoms with Gasteiger partial charge in [-0.3, -0.25) is 4.79 Å². The zero-order chi connectivity index (χ0) is 13.5. The molecule has 0 aliphatic heterocycles. The number of nitrogens with two attached hydrogens (primary N) is 1. The lowest BCUT2D eigenvalue weighted by molar-refractivity contribution is -0.117. The van der Waals surface area contributed by atoms with Crippen molar-refractivity contribution in [3.63, 3.8) is 0 Å². The smallest absolute Gasteiger partial charge is 0.224 e. The van der Waals surface area contributed by atoms with Crippen molar-refractivity contribution in [1.29, 1.82) is 0 Å². The van der Waals surface area contributed by atoms with Gasteiger partial charge in [-0.25, -0.2) is 0 Å². The largest absolute Gasteiger partial charge is 0.330 e. The monoisotopic (exact) mass is 248 g/mol. The fraction of sp³-hybridized carbons (Fsp3) is 0.533. The van der Waals surface area contributed by atoms with E-state index in [1.165, 1.54) is 0 Å². The van der Waals surface area contributed by atoms with Crippen LogP contribution < -0.4 is 11.1 Å². The predicted molar refractivity (Wildman–Crippen MR) is 76.4 cm³/mol. The number of nitrogens with one attached hydrogen (secondary N) is 1. The van der Waals surface area contributed by atoms with Gasteiger partial charge < -0.3 is 11.1 Å². The number of rotatable bonds is 6. The average molecular weight is 248 g/mol. The van der Waals surface area contributed by atoms with Gasteiger partial charge >= 0.3 is 0 Å². The molecule has 0 aliphatic carbocycles. The molecule has 1 aromatic carbocycles. The molecule has 18 heavy (non-hydrogen) atoms. The standard InChI is InChI=1S/C15H24N2O/c1-11(2)8-13(10-16)9-15(18)17-14-7-5-4-6-12(14)3/h4-7,11,13H,8-10,16H2,1-3H3,(H,17,18). The summed E-state index contributed by atoms with van der Waals surface area (Å²) in [5, 5.41) is 2.95. The SMILES string of the molecule is Cc1ccccc1NC(=O)CC(CN)CC(C)C. The Labute approximate surface area is 110 Å². The van der Waals surface area contributed by atoms with Gasteiger partial charge in [0.15, 0.2) is 0 Å². The van der Waals surface area contributed by atoms with Crippen molar-refractivity contribution in [2.24, 2.45) is 17.6 Å². The summed E-state index contributed by atoms with van der Waals surface area (Å²) in [7, 11) is 0. The summed E-state index contributed by atoms with van der Waals surface area (Å²) in [4.78, 5) is 11.9. The molecule has 1 rings (SSSR count). The molecule has 0 aromatic heterocycles. The van der Waals surface area contributed by atoms with Gasteiger partial charge in [-0.2, -0.15) is 0 Å². The van der Waals surface area contributed by atoms with E-state index in [9.17, 15) is 4.79 Å². The lowest BCUT2D eigenvalue weighted by atomic mass is 9.94. The molecule has 3 nitrogen and oxygen atoms in total. The Hall–Kier alpha value is -1.35. The topological polar surface area (TPSA) is 55.1 Å². The number of para-hydroxylation sites is 1. The van der Waals surface area contributed by atoms with Crippen LogP contribution in [0.5, 0.6) is 0 Å². The molecule has 0 radical (unpaired) electrons. The first kappa shape index (κ1) is 14.7. The minimum Gasteiger partial charge on any atom is -0.330 e. The van der Waals surface area contributed by atoms with Gasteiger partial charge in [-0.1, -0.05) is 32.0 Å². The molecule has 1 aromatic rings. The van der Waals surface area contributed by atoms with Crippen LogP contribution in [0.3, 0.4) is 0 Å².